The van der Waals surface area contributed by atoms with Crippen molar-refractivity contribution >= 4 is 0 Å². The summed E-state index contributed by atoms with van der Waals surface area (Å²) in [6.07, 6.45) is 7.25. The first-order valence-corrected chi connectivity index (χ1v) is 6.19. The molecule has 0 bridgehead atoms. The van der Waals surface area contributed by atoms with Crippen molar-refractivity contribution in [2.75, 3.05) is 0 Å². The Labute approximate surface area is 101 Å². The molecule has 2 nitrogen and oxygen atoms in total. The van der Waals surface area contributed by atoms with Crippen LogP contribution < -0.4 is 5.73 Å². The van der Waals surface area contributed by atoms with Gasteiger partial charge in [0.15, 0.2) is 0 Å². The van der Waals surface area contributed by atoms with E-state index in [0.717, 1.165) is 24.8 Å². The standard InChI is InChI=1S/C14H27NO/c1-6-7-8-9-13(10-11(2)3)16-14(15)12(4)5/h8-9,12-14H,2,6-7,10,15H2,1,3-5H3/b9-8+/t13?,14-/m1/s1. The van der Waals surface area contributed by atoms with Crippen molar-refractivity contribution in [2.24, 2.45) is 11.7 Å². The van der Waals surface area contributed by atoms with E-state index < -0.39 is 0 Å². The van der Waals surface area contributed by atoms with Crippen molar-refractivity contribution in [3.63, 3.8) is 0 Å². The number of allylic oxidation sites excluding steroid dienone is 1. The van der Waals surface area contributed by atoms with Gasteiger partial charge in [0.1, 0.15) is 6.23 Å². The molecule has 0 aromatic rings. The molecule has 0 amide bonds. The van der Waals surface area contributed by atoms with Gasteiger partial charge in [-0.25, -0.2) is 0 Å². The van der Waals surface area contributed by atoms with Crippen LogP contribution in [0, 0.1) is 5.92 Å². The summed E-state index contributed by atoms with van der Waals surface area (Å²) in [5, 5.41) is 0. The highest BCUT2D eigenvalue weighted by Gasteiger charge is 2.13. The fraction of sp³-hybridized carbons (Fsp3) is 0.714. The monoisotopic (exact) mass is 225 g/mol. The molecule has 94 valence electrons. The molecular formula is C14H27NO. The SMILES string of the molecule is C=C(C)CC(/C=C/CCC)O[C@@H](N)C(C)C. The van der Waals surface area contributed by atoms with Gasteiger partial charge in [-0.1, -0.05) is 44.9 Å². The number of nitrogens with two attached hydrogens (primary N) is 1. The molecule has 1 unspecified atom stereocenters. The molecule has 0 fully saturated rings. The molecule has 0 aliphatic heterocycles. The average molecular weight is 225 g/mol. The third-order valence-corrected chi connectivity index (χ3v) is 2.34. The van der Waals surface area contributed by atoms with Crippen LogP contribution >= 0.6 is 0 Å². The zero-order valence-corrected chi connectivity index (χ0v) is 11.2. The fourth-order valence-corrected chi connectivity index (χ4v) is 1.28. The van der Waals surface area contributed by atoms with E-state index in [0.29, 0.717) is 5.92 Å². The molecule has 0 saturated heterocycles. The van der Waals surface area contributed by atoms with Crippen LogP contribution in [0.2, 0.25) is 0 Å². The van der Waals surface area contributed by atoms with Gasteiger partial charge in [0, 0.05) is 0 Å². The maximum atomic E-state index is 5.91. The van der Waals surface area contributed by atoms with Gasteiger partial charge in [0.2, 0.25) is 0 Å². The van der Waals surface area contributed by atoms with Crippen LogP contribution in [0.3, 0.4) is 0 Å². The van der Waals surface area contributed by atoms with Gasteiger partial charge >= 0.3 is 0 Å². The largest absolute Gasteiger partial charge is 0.356 e. The fourth-order valence-electron chi connectivity index (χ4n) is 1.28. The van der Waals surface area contributed by atoms with E-state index in [1.807, 2.05) is 6.92 Å². The van der Waals surface area contributed by atoms with Crippen molar-refractivity contribution in [1.82, 2.24) is 0 Å². The highest BCUT2D eigenvalue weighted by Crippen LogP contribution is 2.12. The molecule has 0 heterocycles. The van der Waals surface area contributed by atoms with Crippen LogP contribution in [0.15, 0.2) is 24.3 Å². The lowest BCUT2D eigenvalue weighted by Crippen LogP contribution is -2.33. The van der Waals surface area contributed by atoms with E-state index in [9.17, 15) is 0 Å². The lowest BCUT2D eigenvalue weighted by molar-refractivity contribution is -0.00869. The van der Waals surface area contributed by atoms with Gasteiger partial charge < -0.3 is 10.5 Å². The molecule has 0 aliphatic rings. The molecule has 0 aromatic carbocycles. The summed E-state index contributed by atoms with van der Waals surface area (Å²) in [4.78, 5) is 0. The lowest BCUT2D eigenvalue weighted by Gasteiger charge is -2.22. The van der Waals surface area contributed by atoms with Crippen molar-refractivity contribution in [3.8, 4) is 0 Å². The lowest BCUT2D eigenvalue weighted by atomic mass is 10.1. The average Bonchev–Trinajstić information content (AvgIpc) is 2.16. The van der Waals surface area contributed by atoms with Crippen LogP contribution in [0.25, 0.3) is 0 Å². The number of rotatable bonds is 8. The normalized spacial score (nSPS) is 15.6. The van der Waals surface area contributed by atoms with Gasteiger partial charge in [-0.2, -0.15) is 0 Å². The van der Waals surface area contributed by atoms with Gasteiger partial charge in [0.05, 0.1) is 6.10 Å². The second-order valence-electron chi connectivity index (χ2n) is 4.76. The Kier molecular flexibility index (Phi) is 8.22. The van der Waals surface area contributed by atoms with Gasteiger partial charge in [-0.3, -0.25) is 0 Å². The van der Waals surface area contributed by atoms with Crippen molar-refractivity contribution < 1.29 is 4.74 Å². The van der Waals surface area contributed by atoms with E-state index in [1.165, 1.54) is 0 Å². The molecular weight excluding hydrogens is 198 g/mol. The highest BCUT2D eigenvalue weighted by molar-refractivity contribution is 4.99. The summed E-state index contributed by atoms with van der Waals surface area (Å²) in [5.74, 6) is 0.340. The number of ether oxygens (including phenoxy) is 1. The first-order chi connectivity index (χ1) is 7.47. The van der Waals surface area contributed by atoms with Crippen LogP contribution in [0.5, 0.6) is 0 Å². The first kappa shape index (κ1) is 15.4. The number of hydrogen-bond donors (Lipinski definition) is 1. The minimum Gasteiger partial charge on any atom is -0.356 e. The zero-order chi connectivity index (χ0) is 12.6. The van der Waals surface area contributed by atoms with E-state index in [-0.39, 0.29) is 12.3 Å². The van der Waals surface area contributed by atoms with Crippen molar-refractivity contribution in [1.29, 1.82) is 0 Å². The third-order valence-electron chi connectivity index (χ3n) is 2.34. The molecule has 0 aromatic heterocycles. The molecule has 0 aliphatic carbocycles. The third kappa shape index (κ3) is 7.66. The van der Waals surface area contributed by atoms with E-state index in [4.69, 9.17) is 10.5 Å². The van der Waals surface area contributed by atoms with Crippen LogP contribution in [0.4, 0.5) is 0 Å². The summed E-state index contributed by atoms with van der Waals surface area (Å²) in [6.45, 7) is 12.2. The molecule has 2 N–H and O–H groups in total. The molecule has 2 heteroatoms. The zero-order valence-electron chi connectivity index (χ0n) is 11.2. The smallest absolute Gasteiger partial charge is 0.108 e. The topological polar surface area (TPSA) is 35.2 Å². The minimum atomic E-state index is -0.198. The summed E-state index contributed by atoms with van der Waals surface area (Å²) in [7, 11) is 0. The number of hydrogen-bond acceptors (Lipinski definition) is 2. The maximum absolute atomic E-state index is 5.91. The molecule has 0 spiro atoms. The Hall–Kier alpha value is -0.600. The summed E-state index contributed by atoms with van der Waals surface area (Å²) in [6, 6.07) is 0. The Balaban J connectivity index is 4.25. The molecule has 0 rings (SSSR count). The Morgan fingerprint density at radius 3 is 2.50 bits per heavy atom. The summed E-state index contributed by atoms with van der Waals surface area (Å²) in [5.41, 5.74) is 7.04. The molecule has 0 saturated carbocycles. The van der Waals surface area contributed by atoms with Crippen LogP contribution in [0.1, 0.15) is 47.0 Å². The first-order valence-electron chi connectivity index (χ1n) is 6.19. The predicted molar refractivity (Wildman–Crippen MR) is 71.2 cm³/mol. The van der Waals surface area contributed by atoms with E-state index in [1.54, 1.807) is 0 Å². The number of unbranched alkanes of at least 4 members (excludes halogenated alkanes) is 1. The van der Waals surface area contributed by atoms with Crippen molar-refractivity contribution in [3.05, 3.63) is 24.3 Å². The second kappa shape index (κ2) is 8.54. The highest BCUT2D eigenvalue weighted by atomic mass is 16.5. The molecule has 16 heavy (non-hydrogen) atoms. The maximum Gasteiger partial charge on any atom is 0.108 e. The Morgan fingerprint density at radius 1 is 1.44 bits per heavy atom. The predicted octanol–water partition coefficient (Wildman–Crippen LogP) is 3.63. The van der Waals surface area contributed by atoms with Crippen molar-refractivity contribution in [2.45, 2.75) is 59.3 Å². The van der Waals surface area contributed by atoms with E-state index >= 15 is 0 Å². The Bertz CT molecular complexity index is 221. The second-order valence-corrected chi connectivity index (χ2v) is 4.76. The van der Waals surface area contributed by atoms with Crippen LogP contribution in [-0.4, -0.2) is 12.3 Å². The Morgan fingerprint density at radius 2 is 2.06 bits per heavy atom. The quantitative estimate of drug-likeness (QED) is 0.505. The molecule has 0 radical (unpaired) electrons. The van der Waals surface area contributed by atoms with Gasteiger partial charge in [-0.15, -0.1) is 6.58 Å². The van der Waals surface area contributed by atoms with Gasteiger partial charge in [0.25, 0.3) is 0 Å². The summed E-state index contributed by atoms with van der Waals surface area (Å²) < 4.78 is 5.80. The summed E-state index contributed by atoms with van der Waals surface area (Å²) >= 11 is 0. The minimum absolute atomic E-state index is 0.0708. The molecule has 2 atom stereocenters. The van der Waals surface area contributed by atoms with Gasteiger partial charge in [-0.05, 0) is 25.7 Å². The van der Waals surface area contributed by atoms with E-state index in [2.05, 4.69) is 39.5 Å². The van der Waals surface area contributed by atoms with Crippen LogP contribution in [-0.2, 0) is 4.74 Å².